The lowest BCUT2D eigenvalue weighted by Gasteiger charge is -2.33. The fraction of sp³-hybridized carbons (Fsp3) is 0.480. The van der Waals surface area contributed by atoms with E-state index in [1.807, 2.05) is 32.0 Å². The topological polar surface area (TPSA) is 76.1 Å². The minimum atomic E-state index is -3.70. The molecule has 4 rings (SSSR count). The van der Waals surface area contributed by atoms with Gasteiger partial charge in [-0.15, -0.1) is 0 Å². The van der Waals surface area contributed by atoms with Crippen molar-refractivity contribution in [2.75, 3.05) is 33.3 Å². The number of amides is 1. The first-order valence-corrected chi connectivity index (χ1v) is 13.0. The molecule has 0 N–H and O–H groups in total. The molecule has 33 heavy (non-hydrogen) atoms. The molecule has 7 nitrogen and oxygen atoms in total. The maximum Gasteiger partial charge on any atom is 0.253 e. The number of para-hydroxylation sites is 1. The highest BCUT2D eigenvalue weighted by molar-refractivity contribution is 7.89. The van der Waals surface area contributed by atoms with Crippen LogP contribution in [0.2, 0.25) is 0 Å². The molecule has 0 unspecified atom stereocenters. The van der Waals surface area contributed by atoms with Crippen molar-refractivity contribution < 1.29 is 22.7 Å². The summed E-state index contributed by atoms with van der Waals surface area (Å²) < 4.78 is 39.3. The third-order valence-electron chi connectivity index (χ3n) is 6.52. The number of hydrogen-bond donors (Lipinski definition) is 0. The summed E-state index contributed by atoms with van der Waals surface area (Å²) in [6.07, 6.45) is 3.21. The SMILES string of the molecule is COc1ccc(C(=O)N2CCC(Oc3c(C)cccc3C)CC2)cc1S(=O)(=O)N1CCCC1. The van der Waals surface area contributed by atoms with Crippen LogP contribution in [0.25, 0.3) is 0 Å². The molecule has 2 aromatic carbocycles. The monoisotopic (exact) mass is 472 g/mol. The van der Waals surface area contributed by atoms with Gasteiger partial charge in [0.2, 0.25) is 10.0 Å². The lowest BCUT2D eigenvalue weighted by atomic mass is 10.1. The predicted molar refractivity (Wildman–Crippen MR) is 126 cm³/mol. The van der Waals surface area contributed by atoms with Crippen LogP contribution in [-0.2, 0) is 10.0 Å². The van der Waals surface area contributed by atoms with Crippen molar-refractivity contribution >= 4 is 15.9 Å². The van der Waals surface area contributed by atoms with Crippen molar-refractivity contribution in [3.05, 3.63) is 53.1 Å². The number of sulfonamides is 1. The molecule has 8 heteroatoms. The zero-order valence-electron chi connectivity index (χ0n) is 19.5. The summed E-state index contributed by atoms with van der Waals surface area (Å²) in [5.41, 5.74) is 2.58. The van der Waals surface area contributed by atoms with Gasteiger partial charge >= 0.3 is 0 Å². The minimum absolute atomic E-state index is 0.0517. The van der Waals surface area contributed by atoms with Gasteiger partial charge in [0.15, 0.2) is 0 Å². The van der Waals surface area contributed by atoms with Crippen LogP contribution >= 0.6 is 0 Å². The lowest BCUT2D eigenvalue weighted by Crippen LogP contribution is -2.42. The van der Waals surface area contributed by atoms with Crippen LogP contribution in [0.1, 0.15) is 47.2 Å². The van der Waals surface area contributed by atoms with Crippen molar-refractivity contribution in [2.45, 2.75) is 50.5 Å². The van der Waals surface area contributed by atoms with Crippen LogP contribution in [0.5, 0.6) is 11.5 Å². The molecule has 0 radical (unpaired) electrons. The maximum atomic E-state index is 13.2. The van der Waals surface area contributed by atoms with Crippen LogP contribution in [0.15, 0.2) is 41.3 Å². The van der Waals surface area contributed by atoms with Crippen LogP contribution in [0, 0.1) is 13.8 Å². The first-order chi connectivity index (χ1) is 15.8. The second-order valence-electron chi connectivity index (χ2n) is 8.81. The van der Waals surface area contributed by atoms with E-state index in [1.165, 1.54) is 17.5 Å². The Kier molecular flexibility index (Phi) is 6.95. The second-order valence-corrected chi connectivity index (χ2v) is 10.7. The molecule has 2 heterocycles. The van der Waals surface area contributed by atoms with E-state index in [1.54, 1.807) is 17.0 Å². The normalized spacial score (nSPS) is 17.8. The minimum Gasteiger partial charge on any atom is -0.495 e. The molecule has 178 valence electrons. The first-order valence-electron chi connectivity index (χ1n) is 11.5. The van der Waals surface area contributed by atoms with Crippen molar-refractivity contribution in [1.82, 2.24) is 9.21 Å². The summed E-state index contributed by atoms with van der Waals surface area (Å²) in [6.45, 7) is 6.20. The van der Waals surface area contributed by atoms with Gasteiger partial charge < -0.3 is 14.4 Å². The Morgan fingerprint density at radius 2 is 1.61 bits per heavy atom. The van der Waals surface area contributed by atoms with E-state index in [4.69, 9.17) is 9.47 Å². The molecule has 2 aliphatic heterocycles. The number of benzene rings is 2. The molecule has 2 fully saturated rings. The Morgan fingerprint density at radius 1 is 0.970 bits per heavy atom. The lowest BCUT2D eigenvalue weighted by molar-refractivity contribution is 0.0593. The zero-order valence-corrected chi connectivity index (χ0v) is 20.4. The number of aryl methyl sites for hydroxylation is 2. The molecular weight excluding hydrogens is 440 g/mol. The molecule has 0 aliphatic carbocycles. The van der Waals surface area contributed by atoms with Crippen molar-refractivity contribution in [2.24, 2.45) is 0 Å². The number of hydrogen-bond acceptors (Lipinski definition) is 5. The number of likely N-dealkylation sites (tertiary alicyclic amines) is 1. The van der Waals surface area contributed by atoms with Gasteiger partial charge in [-0.2, -0.15) is 4.31 Å². The highest BCUT2D eigenvalue weighted by atomic mass is 32.2. The van der Waals surface area contributed by atoms with Crippen LogP contribution in [0.3, 0.4) is 0 Å². The number of ether oxygens (including phenoxy) is 2. The molecule has 1 amide bonds. The molecular formula is C25H32N2O5S. The van der Waals surface area contributed by atoms with Gasteiger partial charge in [0.05, 0.1) is 7.11 Å². The average Bonchev–Trinajstić information content (AvgIpc) is 3.37. The average molecular weight is 473 g/mol. The molecule has 0 bridgehead atoms. The van der Waals surface area contributed by atoms with Crippen molar-refractivity contribution in [3.8, 4) is 11.5 Å². The molecule has 0 aromatic heterocycles. The van der Waals surface area contributed by atoms with E-state index in [9.17, 15) is 13.2 Å². The molecule has 2 aromatic rings. The van der Waals surface area contributed by atoms with E-state index >= 15 is 0 Å². The van der Waals surface area contributed by atoms with Gasteiger partial charge in [-0.25, -0.2) is 8.42 Å². The molecule has 0 atom stereocenters. The quantitative estimate of drug-likeness (QED) is 0.640. The van der Waals surface area contributed by atoms with Crippen LogP contribution in [-0.4, -0.2) is 62.9 Å². The highest BCUT2D eigenvalue weighted by Crippen LogP contribution is 2.31. The Hall–Kier alpha value is -2.58. The smallest absolute Gasteiger partial charge is 0.253 e. The Bertz CT molecular complexity index is 1100. The first kappa shape index (κ1) is 23.6. The summed E-state index contributed by atoms with van der Waals surface area (Å²) in [5, 5.41) is 0. The maximum absolute atomic E-state index is 13.2. The highest BCUT2D eigenvalue weighted by Gasteiger charge is 2.32. The van der Waals surface area contributed by atoms with Crippen molar-refractivity contribution in [1.29, 1.82) is 0 Å². The third kappa shape index (κ3) is 4.87. The van der Waals surface area contributed by atoms with Gasteiger partial charge in [-0.3, -0.25) is 4.79 Å². The Labute approximate surface area is 196 Å². The number of piperidine rings is 1. The predicted octanol–water partition coefficient (Wildman–Crippen LogP) is 3.78. The number of methoxy groups -OCH3 is 1. The van der Waals surface area contributed by atoms with Crippen molar-refractivity contribution in [3.63, 3.8) is 0 Å². The fourth-order valence-corrected chi connectivity index (χ4v) is 6.29. The largest absolute Gasteiger partial charge is 0.495 e. The summed E-state index contributed by atoms with van der Waals surface area (Å²) >= 11 is 0. The summed E-state index contributed by atoms with van der Waals surface area (Å²) in [6, 6.07) is 10.8. The third-order valence-corrected chi connectivity index (χ3v) is 8.44. The second kappa shape index (κ2) is 9.73. The van der Waals surface area contributed by atoms with E-state index < -0.39 is 10.0 Å². The van der Waals surface area contributed by atoms with Gasteiger partial charge in [-0.1, -0.05) is 18.2 Å². The van der Waals surface area contributed by atoms with Gasteiger partial charge in [0, 0.05) is 44.6 Å². The Balaban J connectivity index is 1.47. The summed E-state index contributed by atoms with van der Waals surface area (Å²) in [7, 11) is -2.26. The van der Waals surface area contributed by atoms with E-state index in [2.05, 4.69) is 0 Å². The summed E-state index contributed by atoms with van der Waals surface area (Å²) in [4.78, 5) is 15.0. The Morgan fingerprint density at radius 3 is 2.21 bits per heavy atom. The fourth-order valence-electron chi connectivity index (χ4n) is 4.59. The van der Waals surface area contributed by atoms with E-state index in [-0.39, 0.29) is 22.7 Å². The van der Waals surface area contributed by atoms with Gasteiger partial charge in [0.25, 0.3) is 5.91 Å². The molecule has 2 aliphatic rings. The van der Waals surface area contributed by atoms with Gasteiger partial charge in [0.1, 0.15) is 22.5 Å². The standard InChI is InChI=1S/C25H32N2O5S/c1-18-7-6-8-19(2)24(18)32-21-11-15-26(16-12-21)25(28)20-9-10-22(31-3)23(17-20)33(29,30)27-13-4-5-14-27/h6-10,17,21H,4-5,11-16H2,1-3H3. The molecule has 2 saturated heterocycles. The number of rotatable bonds is 6. The van der Waals surface area contributed by atoms with Gasteiger partial charge in [-0.05, 0) is 56.0 Å². The van der Waals surface area contributed by atoms with Crippen LogP contribution in [0.4, 0.5) is 0 Å². The summed E-state index contributed by atoms with van der Waals surface area (Å²) in [5.74, 6) is 1.02. The van der Waals surface area contributed by atoms with E-state index in [0.29, 0.717) is 31.7 Å². The van der Waals surface area contributed by atoms with Crippen LogP contribution < -0.4 is 9.47 Å². The number of carbonyl (C=O) groups excluding carboxylic acids is 1. The number of carbonyl (C=O) groups is 1. The number of nitrogens with zero attached hydrogens (tertiary/aromatic N) is 2. The molecule has 0 saturated carbocycles. The molecule has 0 spiro atoms. The van der Waals surface area contributed by atoms with E-state index in [0.717, 1.165) is 42.6 Å². The zero-order chi connectivity index (χ0) is 23.6.